The van der Waals surface area contributed by atoms with Crippen LogP contribution in [-0.2, 0) is 6.42 Å². The fourth-order valence-electron chi connectivity index (χ4n) is 3.84. The zero-order chi connectivity index (χ0) is 19.1. The van der Waals surface area contributed by atoms with E-state index in [2.05, 4.69) is 32.2 Å². The third kappa shape index (κ3) is 3.01. The summed E-state index contributed by atoms with van der Waals surface area (Å²) in [6.07, 6.45) is 6.25. The highest BCUT2D eigenvalue weighted by Crippen LogP contribution is 2.34. The average molecular weight is 376 g/mol. The lowest BCUT2D eigenvalue weighted by molar-refractivity contribution is 0.154. The van der Waals surface area contributed by atoms with Gasteiger partial charge in [0.05, 0.1) is 6.10 Å². The molecule has 3 heterocycles. The third-order valence-corrected chi connectivity index (χ3v) is 5.22. The number of hydrogen-bond donors (Lipinski definition) is 2. The molecule has 28 heavy (non-hydrogen) atoms. The van der Waals surface area contributed by atoms with E-state index in [0.717, 1.165) is 48.3 Å². The predicted molar refractivity (Wildman–Crippen MR) is 104 cm³/mol. The molecular weight excluding hydrogens is 356 g/mol. The summed E-state index contributed by atoms with van der Waals surface area (Å²) in [6, 6.07) is 7.97. The van der Waals surface area contributed by atoms with Gasteiger partial charge in [0.15, 0.2) is 5.82 Å². The summed E-state index contributed by atoms with van der Waals surface area (Å²) in [5.41, 5.74) is 9.61. The first kappa shape index (κ1) is 16.9. The van der Waals surface area contributed by atoms with Gasteiger partial charge in [-0.15, -0.1) is 5.10 Å². The molecule has 3 aromatic rings. The number of hydrogen-bond acceptors (Lipinski definition) is 8. The van der Waals surface area contributed by atoms with Gasteiger partial charge in [-0.05, 0) is 48.6 Å². The van der Waals surface area contributed by atoms with Crippen LogP contribution in [0, 0.1) is 0 Å². The highest BCUT2D eigenvalue weighted by Gasteiger charge is 2.23. The van der Waals surface area contributed by atoms with E-state index in [9.17, 15) is 5.11 Å². The second-order valence-electron chi connectivity index (χ2n) is 7.12. The number of benzene rings is 1. The second kappa shape index (κ2) is 6.72. The summed E-state index contributed by atoms with van der Waals surface area (Å²) in [5.74, 6) is 1.92. The van der Waals surface area contributed by atoms with Crippen molar-refractivity contribution in [2.75, 3.05) is 23.7 Å². The number of allylic oxidation sites excluding steroid dienone is 1. The molecule has 0 saturated carbocycles. The molecule has 5 rings (SSSR count). The summed E-state index contributed by atoms with van der Waals surface area (Å²) < 4.78 is 5.35. The van der Waals surface area contributed by atoms with Crippen molar-refractivity contribution in [1.82, 2.24) is 20.2 Å². The van der Waals surface area contributed by atoms with E-state index in [0.29, 0.717) is 18.3 Å². The van der Waals surface area contributed by atoms with E-state index in [-0.39, 0.29) is 12.1 Å². The minimum Gasteiger partial charge on any atom is -0.404 e. The minimum atomic E-state index is -0.303. The van der Waals surface area contributed by atoms with Crippen molar-refractivity contribution >= 4 is 17.4 Å². The Balaban J connectivity index is 1.48. The van der Waals surface area contributed by atoms with Crippen LogP contribution < -0.4 is 10.6 Å². The van der Waals surface area contributed by atoms with Gasteiger partial charge in [0.2, 0.25) is 5.89 Å². The zero-order valence-electron chi connectivity index (χ0n) is 15.2. The Kier molecular flexibility index (Phi) is 4.05. The number of fused-ring (bicyclic) bond motifs is 1. The first-order valence-corrected chi connectivity index (χ1v) is 9.36. The van der Waals surface area contributed by atoms with Crippen LogP contribution in [0.4, 0.5) is 11.8 Å². The number of aliphatic hydroxyl groups excluding tert-OH is 1. The summed E-state index contributed by atoms with van der Waals surface area (Å²) in [5, 5.41) is 17.7. The number of rotatable bonds is 3. The van der Waals surface area contributed by atoms with Crippen molar-refractivity contribution in [1.29, 1.82) is 0 Å². The van der Waals surface area contributed by atoms with Gasteiger partial charge in [-0.2, -0.15) is 0 Å². The number of nitrogen functional groups attached to an aromatic ring is 1. The number of β-amino-alcohol motifs (C(OH)–C–C–N with tert-alkyl or cyclic N) is 1. The van der Waals surface area contributed by atoms with Crippen molar-refractivity contribution in [2.24, 2.45) is 0 Å². The van der Waals surface area contributed by atoms with Crippen LogP contribution in [-0.4, -0.2) is 44.5 Å². The van der Waals surface area contributed by atoms with E-state index >= 15 is 0 Å². The minimum absolute atomic E-state index is 0.0472. The Morgan fingerprint density at radius 2 is 2.14 bits per heavy atom. The third-order valence-electron chi connectivity index (χ3n) is 5.22. The monoisotopic (exact) mass is 376 g/mol. The van der Waals surface area contributed by atoms with Crippen LogP contribution in [0.15, 0.2) is 41.0 Å². The first-order chi connectivity index (χ1) is 13.7. The van der Waals surface area contributed by atoms with E-state index < -0.39 is 0 Å². The molecule has 2 aromatic heterocycles. The molecule has 0 unspecified atom stereocenters. The van der Waals surface area contributed by atoms with Crippen LogP contribution >= 0.6 is 0 Å². The lowest BCUT2D eigenvalue weighted by Crippen LogP contribution is -2.38. The van der Waals surface area contributed by atoms with Crippen molar-refractivity contribution in [2.45, 2.75) is 25.4 Å². The van der Waals surface area contributed by atoms with Gasteiger partial charge >= 0.3 is 6.01 Å². The van der Waals surface area contributed by atoms with Crippen LogP contribution in [0.1, 0.15) is 29.8 Å². The van der Waals surface area contributed by atoms with Crippen molar-refractivity contribution < 1.29 is 9.52 Å². The highest BCUT2D eigenvalue weighted by molar-refractivity contribution is 5.84. The smallest absolute Gasteiger partial charge is 0.313 e. The molecule has 0 spiro atoms. The molecule has 8 nitrogen and oxygen atoms in total. The van der Waals surface area contributed by atoms with Crippen molar-refractivity contribution in [3.8, 4) is 11.5 Å². The molecule has 8 heteroatoms. The van der Waals surface area contributed by atoms with Gasteiger partial charge in [0.1, 0.15) is 5.82 Å². The van der Waals surface area contributed by atoms with Crippen LogP contribution in [0.2, 0.25) is 0 Å². The van der Waals surface area contributed by atoms with E-state index in [1.165, 1.54) is 5.56 Å². The molecule has 1 aliphatic carbocycles. The standard InChI is InChI=1S/C20H20N6O2/c21-20-25-24-19(28-20)13-4-3-12-5-6-15(16(12)10-13)18-22-8-7-17(23-18)26-9-1-2-14(27)11-26/h3-4,6-8,10,14,27H,1-2,5,9,11H2,(H2,21,25)/t14-/m0/s1. The number of aliphatic hydroxyl groups is 1. The van der Waals surface area contributed by atoms with Gasteiger partial charge in [0.25, 0.3) is 0 Å². The molecule has 142 valence electrons. The average Bonchev–Trinajstić information content (AvgIpc) is 3.34. The summed E-state index contributed by atoms with van der Waals surface area (Å²) in [7, 11) is 0. The van der Waals surface area contributed by atoms with Crippen molar-refractivity contribution in [3.63, 3.8) is 0 Å². The Morgan fingerprint density at radius 1 is 1.21 bits per heavy atom. The van der Waals surface area contributed by atoms with Gasteiger partial charge in [-0.1, -0.05) is 17.2 Å². The number of piperidine rings is 1. The molecule has 1 aromatic carbocycles. The van der Waals surface area contributed by atoms with E-state index in [4.69, 9.17) is 15.1 Å². The Hall–Kier alpha value is -3.26. The van der Waals surface area contributed by atoms with Gasteiger partial charge in [-0.3, -0.25) is 0 Å². The summed E-state index contributed by atoms with van der Waals surface area (Å²) >= 11 is 0. The maximum atomic E-state index is 9.97. The second-order valence-corrected chi connectivity index (χ2v) is 7.12. The normalized spacial score (nSPS) is 18.8. The SMILES string of the molecule is Nc1nnc(-c2ccc3c(c2)C(c2nccc(N4CCC[C@H](O)C4)n2)=CC3)o1. The molecule has 3 N–H and O–H groups in total. The molecule has 0 radical (unpaired) electrons. The predicted octanol–water partition coefficient (Wildman–Crippen LogP) is 2.06. The molecule has 1 aliphatic heterocycles. The van der Waals surface area contributed by atoms with Gasteiger partial charge in [0, 0.05) is 30.4 Å². The topological polar surface area (TPSA) is 114 Å². The Bertz CT molecular complexity index is 1060. The number of aromatic nitrogens is 4. The molecular formula is C20H20N6O2. The molecule has 1 atom stereocenters. The quantitative estimate of drug-likeness (QED) is 0.714. The lowest BCUT2D eigenvalue weighted by Gasteiger charge is -2.31. The van der Waals surface area contributed by atoms with Gasteiger partial charge < -0.3 is 20.2 Å². The van der Waals surface area contributed by atoms with E-state index in [1.807, 2.05) is 18.2 Å². The number of anilines is 2. The largest absolute Gasteiger partial charge is 0.404 e. The number of nitrogens with zero attached hydrogens (tertiary/aromatic N) is 5. The Labute approximate surface area is 161 Å². The van der Waals surface area contributed by atoms with Crippen LogP contribution in [0.25, 0.3) is 17.0 Å². The molecule has 0 amide bonds. The fourth-order valence-corrected chi connectivity index (χ4v) is 3.84. The van der Waals surface area contributed by atoms with Crippen molar-refractivity contribution in [3.05, 3.63) is 53.5 Å². The molecule has 1 saturated heterocycles. The van der Waals surface area contributed by atoms with E-state index in [1.54, 1.807) is 6.20 Å². The molecule has 1 fully saturated rings. The lowest BCUT2D eigenvalue weighted by atomic mass is 10.0. The maximum Gasteiger partial charge on any atom is 0.313 e. The first-order valence-electron chi connectivity index (χ1n) is 9.36. The van der Waals surface area contributed by atoms with Crippen LogP contribution in [0.5, 0.6) is 0 Å². The summed E-state index contributed by atoms with van der Waals surface area (Å²) in [4.78, 5) is 11.4. The fraction of sp³-hybridized carbons (Fsp3) is 0.300. The summed E-state index contributed by atoms with van der Waals surface area (Å²) in [6.45, 7) is 1.50. The zero-order valence-corrected chi connectivity index (χ0v) is 15.2. The highest BCUT2D eigenvalue weighted by atomic mass is 16.4. The maximum absolute atomic E-state index is 9.97. The van der Waals surface area contributed by atoms with Crippen LogP contribution in [0.3, 0.4) is 0 Å². The molecule has 2 aliphatic rings. The molecule has 0 bridgehead atoms. The van der Waals surface area contributed by atoms with Gasteiger partial charge in [-0.25, -0.2) is 9.97 Å². The Morgan fingerprint density at radius 3 is 2.96 bits per heavy atom. The number of nitrogens with two attached hydrogens (primary N) is 1.